The summed E-state index contributed by atoms with van der Waals surface area (Å²) in [5.74, 6) is -0.653. The fourth-order valence-electron chi connectivity index (χ4n) is 7.60. The maximum absolute atomic E-state index is 13.4. The Bertz CT molecular complexity index is 1540. The quantitative estimate of drug-likeness (QED) is 0.0212. The highest BCUT2D eigenvalue weighted by atomic mass is 31.2. The van der Waals surface area contributed by atoms with Crippen LogP contribution in [0.4, 0.5) is 0 Å². The Labute approximate surface area is 437 Å². The molecule has 1 amide bonds. The van der Waals surface area contributed by atoms with Gasteiger partial charge in [0.25, 0.3) is 7.82 Å². The first-order chi connectivity index (χ1) is 34.4. The second-order valence-corrected chi connectivity index (χ2v) is 21.5. The summed E-state index contributed by atoms with van der Waals surface area (Å²) in [5.41, 5.74) is 0. The lowest BCUT2D eigenvalue weighted by Gasteiger charge is -2.30. The molecule has 0 saturated carbocycles. The number of rotatable bonds is 50. The Balaban J connectivity index is 5.48. The molecular weight excluding hydrogens is 904 g/mol. The van der Waals surface area contributed by atoms with Crippen molar-refractivity contribution in [2.45, 2.75) is 238 Å². The van der Waals surface area contributed by atoms with Crippen LogP contribution in [0.5, 0.6) is 0 Å². The number of allylic oxidation sites excluding steroid dienone is 15. The van der Waals surface area contributed by atoms with Crippen LogP contribution in [-0.2, 0) is 27.9 Å². The van der Waals surface area contributed by atoms with Crippen molar-refractivity contribution < 1.29 is 37.3 Å². The number of phosphoric acid groups is 1. The Morgan fingerprint density at radius 2 is 0.915 bits per heavy atom. The van der Waals surface area contributed by atoms with E-state index in [1.54, 1.807) is 6.08 Å². The molecule has 0 bridgehead atoms. The maximum Gasteiger partial charge on any atom is 0.306 e. The van der Waals surface area contributed by atoms with Crippen molar-refractivity contribution in [2.24, 2.45) is 0 Å². The molecule has 0 radical (unpaired) electrons. The number of nitrogens with zero attached hydrogens (tertiary/aromatic N) is 1. The molecule has 0 spiro atoms. The molecule has 9 nitrogen and oxygen atoms in total. The summed E-state index contributed by atoms with van der Waals surface area (Å²) in [7, 11) is 1.12. The topological polar surface area (TPSA) is 114 Å². The van der Waals surface area contributed by atoms with E-state index in [2.05, 4.69) is 99.0 Å². The van der Waals surface area contributed by atoms with Crippen molar-refractivity contribution in [2.75, 3.05) is 40.9 Å². The van der Waals surface area contributed by atoms with Crippen molar-refractivity contribution >= 4 is 19.7 Å². The number of amides is 1. The molecular formula is C61H107N2O7P. The molecule has 0 aromatic heterocycles. The summed E-state index contributed by atoms with van der Waals surface area (Å²) in [6.45, 7) is 6.62. The number of quaternary nitrogens is 1. The lowest BCUT2D eigenvalue weighted by atomic mass is 10.1. The van der Waals surface area contributed by atoms with Crippen LogP contribution < -0.4 is 10.2 Å². The summed E-state index contributed by atoms with van der Waals surface area (Å²) in [6.07, 6.45) is 66.7. The summed E-state index contributed by atoms with van der Waals surface area (Å²) in [4.78, 5) is 39.8. The van der Waals surface area contributed by atoms with Crippen LogP contribution in [0.3, 0.4) is 0 Å². The Morgan fingerprint density at radius 3 is 1.41 bits per heavy atom. The number of hydrogen-bond donors (Lipinski definition) is 1. The lowest BCUT2D eigenvalue weighted by molar-refractivity contribution is -0.870. The van der Waals surface area contributed by atoms with Crippen LogP contribution in [0, 0.1) is 0 Å². The predicted molar refractivity (Wildman–Crippen MR) is 302 cm³/mol. The number of hydrogen-bond acceptors (Lipinski definition) is 7. The minimum absolute atomic E-state index is 0.0412. The molecule has 0 saturated heterocycles. The average molecular weight is 1010 g/mol. The SMILES string of the molecule is CC/C=C/C/C=C/C/C=C/C/C=C/C/C=C/CCC(=O)NC(COP(=O)([O-])OCC[N+](C)(C)C)C(/C=C/CCCCCCCCCCCC)OC(=O)CCCCCCCCC/C=C\C/C=C\CCCCC. The summed E-state index contributed by atoms with van der Waals surface area (Å²) < 4.78 is 30.2. The van der Waals surface area contributed by atoms with Gasteiger partial charge in [0.15, 0.2) is 0 Å². The maximum atomic E-state index is 13.4. The standard InChI is InChI=1S/C61H107N2O7P/c1-7-10-13-16-19-22-25-28-30-32-34-36-39-42-45-48-51-54-61(65)70-59(52-49-46-43-40-37-27-24-21-18-15-12-9-3)58(57-69-71(66,67)68-56-55-63(4,5)6)62-60(64)53-50-47-44-41-38-35-33-31-29-26-23-20-17-14-11-8-2/h11,14,19-20,22-23,28-31,35,38,44,47,49,52,58-59H,7-10,12-13,15-18,21,24-27,32-34,36-37,39-43,45-46,48,50-51,53-57H2,1-6H3,(H-,62,64,66,67)/b14-11+,22-19-,23-20+,30-28-,31-29+,38-35+,47-44+,52-49+. The summed E-state index contributed by atoms with van der Waals surface area (Å²) >= 11 is 0. The van der Waals surface area contributed by atoms with Gasteiger partial charge in [-0.1, -0.05) is 215 Å². The Kier molecular flexibility index (Phi) is 48.3. The fraction of sp³-hybridized carbons (Fsp3) is 0.705. The molecule has 0 aromatic carbocycles. The van der Waals surface area contributed by atoms with E-state index in [0.29, 0.717) is 23.9 Å². The molecule has 0 rings (SSSR count). The number of unbranched alkanes of at least 4 members (excludes halogenated alkanes) is 20. The molecule has 408 valence electrons. The van der Waals surface area contributed by atoms with Crippen LogP contribution in [0.2, 0.25) is 0 Å². The number of carbonyl (C=O) groups is 2. The summed E-state index contributed by atoms with van der Waals surface area (Å²) in [6, 6.07) is -0.935. The number of ether oxygens (including phenoxy) is 1. The highest BCUT2D eigenvalue weighted by Gasteiger charge is 2.27. The Morgan fingerprint density at radius 1 is 0.507 bits per heavy atom. The van der Waals surface area contributed by atoms with Crippen LogP contribution in [0.25, 0.3) is 0 Å². The molecule has 3 atom stereocenters. The third-order valence-corrected chi connectivity index (χ3v) is 13.0. The van der Waals surface area contributed by atoms with E-state index in [1.165, 1.54) is 96.3 Å². The molecule has 0 aromatic rings. The van der Waals surface area contributed by atoms with Gasteiger partial charge in [0.05, 0.1) is 33.8 Å². The second-order valence-electron chi connectivity index (χ2n) is 20.1. The van der Waals surface area contributed by atoms with Gasteiger partial charge < -0.3 is 28.5 Å². The first-order valence-electron chi connectivity index (χ1n) is 28.5. The highest BCUT2D eigenvalue weighted by molar-refractivity contribution is 7.45. The molecule has 0 heterocycles. The third-order valence-electron chi connectivity index (χ3n) is 12.0. The van der Waals surface area contributed by atoms with Gasteiger partial charge in [-0.05, 0) is 96.0 Å². The van der Waals surface area contributed by atoms with E-state index in [9.17, 15) is 19.0 Å². The van der Waals surface area contributed by atoms with Gasteiger partial charge in [0.2, 0.25) is 5.91 Å². The van der Waals surface area contributed by atoms with E-state index in [0.717, 1.165) is 83.5 Å². The van der Waals surface area contributed by atoms with Crippen LogP contribution in [0.1, 0.15) is 226 Å². The van der Waals surface area contributed by atoms with E-state index >= 15 is 0 Å². The lowest BCUT2D eigenvalue weighted by Crippen LogP contribution is -2.47. The molecule has 71 heavy (non-hydrogen) atoms. The van der Waals surface area contributed by atoms with E-state index in [-0.39, 0.29) is 31.3 Å². The van der Waals surface area contributed by atoms with Crippen LogP contribution in [0.15, 0.2) is 97.2 Å². The minimum Gasteiger partial charge on any atom is -0.756 e. The van der Waals surface area contributed by atoms with Gasteiger partial charge in [-0.15, -0.1) is 0 Å². The smallest absolute Gasteiger partial charge is 0.306 e. The van der Waals surface area contributed by atoms with Crippen molar-refractivity contribution in [1.82, 2.24) is 5.32 Å². The van der Waals surface area contributed by atoms with Gasteiger partial charge in [-0.3, -0.25) is 14.2 Å². The van der Waals surface area contributed by atoms with Crippen molar-refractivity contribution in [1.29, 1.82) is 0 Å². The zero-order chi connectivity index (χ0) is 52.2. The fourth-order valence-corrected chi connectivity index (χ4v) is 8.32. The van der Waals surface area contributed by atoms with Gasteiger partial charge in [0.1, 0.15) is 19.3 Å². The number of phosphoric ester groups is 1. The molecule has 10 heteroatoms. The van der Waals surface area contributed by atoms with Crippen molar-refractivity contribution in [3.63, 3.8) is 0 Å². The minimum atomic E-state index is -4.72. The zero-order valence-electron chi connectivity index (χ0n) is 46.4. The zero-order valence-corrected chi connectivity index (χ0v) is 47.3. The molecule has 0 fully saturated rings. The largest absolute Gasteiger partial charge is 0.756 e. The van der Waals surface area contributed by atoms with Crippen molar-refractivity contribution in [3.05, 3.63) is 97.2 Å². The first-order valence-corrected chi connectivity index (χ1v) is 30.0. The normalized spacial score (nSPS) is 14.5. The van der Waals surface area contributed by atoms with E-state index in [4.69, 9.17) is 13.8 Å². The van der Waals surface area contributed by atoms with Gasteiger partial charge in [-0.25, -0.2) is 0 Å². The third kappa shape index (κ3) is 51.6. The molecule has 1 N–H and O–H groups in total. The number of likely N-dealkylation sites (N-methyl/N-ethyl adjacent to an activating group) is 1. The summed E-state index contributed by atoms with van der Waals surface area (Å²) in [5, 5.41) is 2.97. The number of carbonyl (C=O) groups excluding carboxylic acids is 2. The predicted octanol–water partition coefficient (Wildman–Crippen LogP) is 16.6. The van der Waals surface area contributed by atoms with E-state index in [1.807, 2.05) is 39.4 Å². The first kappa shape index (κ1) is 67.9. The monoisotopic (exact) mass is 1010 g/mol. The van der Waals surface area contributed by atoms with Crippen LogP contribution in [-0.4, -0.2) is 69.4 Å². The van der Waals surface area contributed by atoms with Crippen LogP contribution >= 0.6 is 7.82 Å². The average Bonchev–Trinajstić information content (AvgIpc) is 3.33. The highest BCUT2D eigenvalue weighted by Crippen LogP contribution is 2.38. The molecule has 0 aliphatic rings. The van der Waals surface area contributed by atoms with Gasteiger partial charge in [-0.2, -0.15) is 0 Å². The van der Waals surface area contributed by atoms with Crippen molar-refractivity contribution in [3.8, 4) is 0 Å². The van der Waals surface area contributed by atoms with E-state index < -0.39 is 26.6 Å². The Hall–Kier alpha value is -3.07. The molecule has 0 aliphatic heterocycles. The second kappa shape index (κ2) is 50.5. The number of esters is 1. The number of nitrogens with one attached hydrogen (secondary N) is 1. The van der Waals surface area contributed by atoms with Gasteiger partial charge >= 0.3 is 5.97 Å². The molecule has 0 aliphatic carbocycles. The molecule has 3 unspecified atom stereocenters. The van der Waals surface area contributed by atoms with Gasteiger partial charge in [0, 0.05) is 12.8 Å².